The van der Waals surface area contributed by atoms with Crippen molar-refractivity contribution in [3.05, 3.63) is 77.5 Å². The van der Waals surface area contributed by atoms with Gasteiger partial charge in [-0.05, 0) is 57.2 Å². The lowest BCUT2D eigenvalue weighted by Crippen LogP contribution is -2.19. The highest BCUT2D eigenvalue weighted by Crippen LogP contribution is 2.32. The van der Waals surface area contributed by atoms with Crippen LogP contribution in [0.15, 0.2) is 54.7 Å². The van der Waals surface area contributed by atoms with Gasteiger partial charge in [-0.15, -0.1) is 0 Å². The molecule has 3 N–H and O–H groups in total. The Kier molecular flexibility index (Phi) is 5.86. The van der Waals surface area contributed by atoms with Crippen molar-refractivity contribution < 1.29 is 22.7 Å². The Balaban J connectivity index is 1.69. The molecule has 2 aromatic heterocycles. The van der Waals surface area contributed by atoms with Crippen molar-refractivity contribution in [2.24, 2.45) is 0 Å². The molecule has 4 rings (SSSR count). The normalized spacial score (nSPS) is 12.1. The second-order valence-electron chi connectivity index (χ2n) is 8.33. The monoisotopic (exact) mass is 471 g/mol. The lowest BCUT2D eigenvalue weighted by Gasteiger charge is -2.19. The highest BCUT2D eigenvalue weighted by atomic mass is 19.4. The maximum absolute atomic E-state index is 14.7. The standard InChI is InChI=1S/C24H21F4N5O/c1-13-12-29-21(30-13)17-9-8-16(10-18(17)25)31-22-32-19(11-20(33-22)23(2,3)34)14-4-6-15(7-5-14)24(26,27)28/h4-12,34H,1-3H3,(H,29,30)(H,31,32,33). The second-order valence-corrected chi connectivity index (χ2v) is 8.33. The number of halogens is 4. The summed E-state index contributed by atoms with van der Waals surface area (Å²) in [5.74, 6) is -0.0807. The van der Waals surface area contributed by atoms with Crippen LogP contribution in [0.5, 0.6) is 0 Å². The summed E-state index contributed by atoms with van der Waals surface area (Å²) in [6.45, 7) is 4.86. The zero-order valence-corrected chi connectivity index (χ0v) is 18.5. The third kappa shape index (κ3) is 5.07. The molecule has 0 radical (unpaired) electrons. The van der Waals surface area contributed by atoms with Crippen LogP contribution in [0, 0.1) is 12.7 Å². The number of hydrogen-bond acceptors (Lipinski definition) is 5. The van der Waals surface area contributed by atoms with E-state index in [0.717, 1.165) is 17.8 Å². The van der Waals surface area contributed by atoms with E-state index in [0.29, 0.717) is 22.8 Å². The summed E-state index contributed by atoms with van der Waals surface area (Å²) >= 11 is 0. The van der Waals surface area contributed by atoms with Crippen molar-refractivity contribution >= 4 is 11.6 Å². The number of hydrogen-bond donors (Lipinski definition) is 3. The summed E-state index contributed by atoms with van der Waals surface area (Å²) in [5.41, 5.74) is 0.226. The molecule has 2 heterocycles. The second kappa shape index (κ2) is 8.53. The number of aromatic nitrogens is 4. The van der Waals surface area contributed by atoms with Crippen LogP contribution in [0.1, 0.15) is 30.8 Å². The topological polar surface area (TPSA) is 86.7 Å². The zero-order valence-electron chi connectivity index (χ0n) is 18.5. The number of rotatable bonds is 5. The molecule has 0 amide bonds. The predicted octanol–water partition coefficient (Wildman–Crippen LogP) is 5.97. The van der Waals surface area contributed by atoms with E-state index >= 15 is 0 Å². The number of anilines is 2. The molecule has 0 saturated carbocycles. The van der Waals surface area contributed by atoms with Crippen molar-refractivity contribution in [2.45, 2.75) is 32.5 Å². The molecule has 0 atom stereocenters. The number of nitrogens with zero attached hydrogens (tertiary/aromatic N) is 3. The van der Waals surface area contributed by atoms with E-state index < -0.39 is 23.2 Å². The van der Waals surface area contributed by atoms with Crippen molar-refractivity contribution in [1.29, 1.82) is 0 Å². The van der Waals surface area contributed by atoms with Crippen molar-refractivity contribution in [3.63, 3.8) is 0 Å². The minimum Gasteiger partial charge on any atom is -0.384 e. The van der Waals surface area contributed by atoms with E-state index in [1.807, 2.05) is 6.92 Å². The van der Waals surface area contributed by atoms with Crippen LogP contribution in [0.2, 0.25) is 0 Å². The first-order chi connectivity index (χ1) is 15.9. The predicted molar refractivity (Wildman–Crippen MR) is 120 cm³/mol. The Morgan fingerprint density at radius 2 is 1.68 bits per heavy atom. The van der Waals surface area contributed by atoms with Crippen molar-refractivity contribution in [2.75, 3.05) is 5.32 Å². The first kappa shape index (κ1) is 23.4. The number of benzene rings is 2. The summed E-state index contributed by atoms with van der Waals surface area (Å²) in [4.78, 5) is 15.8. The number of aromatic amines is 1. The van der Waals surface area contributed by atoms with E-state index in [1.165, 1.54) is 38.1 Å². The van der Waals surface area contributed by atoms with Crippen LogP contribution in [0.25, 0.3) is 22.6 Å². The van der Waals surface area contributed by atoms with Gasteiger partial charge in [-0.1, -0.05) is 12.1 Å². The maximum Gasteiger partial charge on any atom is 0.416 e. The van der Waals surface area contributed by atoms with E-state index in [1.54, 1.807) is 18.3 Å². The first-order valence-electron chi connectivity index (χ1n) is 10.3. The van der Waals surface area contributed by atoms with Gasteiger partial charge in [0.25, 0.3) is 0 Å². The molecule has 0 saturated heterocycles. The van der Waals surface area contributed by atoms with E-state index in [-0.39, 0.29) is 17.2 Å². The molecule has 0 aliphatic carbocycles. The number of aliphatic hydroxyl groups is 1. The lowest BCUT2D eigenvalue weighted by atomic mass is 10.0. The SMILES string of the molecule is Cc1cnc(-c2ccc(Nc3nc(-c4ccc(C(F)(F)F)cc4)cc(C(C)(C)O)n3)cc2F)[nH]1. The molecule has 0 unspecified atom stereocenters. The molecule has 176 valence electrons. The average Bonchev–Trinajstić information content (AvgIpc) is 3.18. The maximum atomic E-state index is 14.7. The smallest absolute Gasteiger partial charge is 0.384 e. The van der Waals surface area contributed by atoms with Crippen LogP contribution in [0.3, 0.4) is 0 Å². The fourth-order valence-corrected chi connectivity index (χ4v) is 3.26. The Labute approximate surface area is 192 Å². The molecule has 0 fully saturated rings. The van der Waals surface area contributed by atoms with Gasteiger partial charge in [0.15, 0.2) is 0 Å². The molecule has 10 heteroatoms. The number of alkyl halides is 3. The number of imidazole rings is 1. The van der Waals surface area contributed by atoms with E-state index in [9.17, 15) is 22.7 Å². The van der Waals surface area contributed by atoms with Crippen molar-refractivity contribution in [1.82, 2.24) is 19.9 Å². The molecule has 0 spiro atoms. The van der Waals surface area contributed by atoms with Crippen LogP contribution in [-0.4, -0.2) is 25.0 Å². The molecular formula is C24H21F4N5O. The van der Waals surface area contributed by atoms with Gasteiger partial charge in [0.05, 0.1) is 22.5 Å². The molecule has 4 aromatic rings. The quantitative estimate of drug-likeness (QED) is 0.312. The fourth-order valence-electron chi connectivity index (χ4n) is 3.26. The van der Waals surface area contributed by atoms with Gasteiger partial charge in [0.2, 0.25) is 5.95 Å². The molecule has 0 aliphatic heterocycles. The molecule has 0 aliphatic rings. The van der Waals surface area contributed by atoms with Gasteiger partial charge in [-0.25, -0.2) is 19.3 Å². The van der Waals surface area contributed by atoms with Gasteiger partial charge in [0.1, 0.15) is 17.2 Å². The first-order valence-corrected chi connectivity index (χ1v) is 10.3. The minimum absolute atomic E-state index is 0.0514. The highest BCUT2D eigenvalue weighted by molar-refractivity contribution is 5.66. The van der Waals surface area contributed by atoms with Crippen LogP contribution < -0.4 is 5.32 Å². The summed E-state index contributed by atoms with van der Waals surface area (Å²) in [6.07, 6.45) is -2.86. The van der Waals surface area contributed by atoms with Crippen LogP contribution in [0.4, 0.5) is 29.2 Å². The summed E-state index contributed by atoms with van der Waals surface area (Å²) in [6, 6.07) is 10.4. The van der Waals surface area contributed by atoms with E-state index in [2.05, 4.69) is 25.3 Å². The number of aryl methyl sites for hydroxylation is 1. The third-order valence-electron chi connectivity index (χ3n) is 5.04. The summed E-state index contributed by atoms with van der Waals surface area (Å²) in [5, 5.41) is 13.4. The molecule has 6 nitrogen and oxygen atoms in total. The van der Waals surface area contributed by atoms with Gasteiger partial charge in [0, 0.05) is 23.1 Å². The minimum atomic E-state index is -4.46. The average molecular weight is 471 g/mol. The Morgan fingerprint density at radius 3 is 2.24 bits per heavy atom. The highest BCUT2D eigenvalue weighted by Gasteiger charge is 2.30. The number of H-pyrrole nitrogens is 1. The van der Waals surface area contributed by atoms with Crippen molar-refractivity contribution in [3.8, 4) is 22.6 Å². The van der Waals surface area contributed by atoms with Gasteiger partial charge in [-0.2, -0.15) is 13.2 Å². The third-order valence-corrected chi connectivity index (χ3v) is 5.04. The van der Waals surface area contributed by atoms with Crippen LogP contribution in [-0.2, 0) is 11.8 Å². The molecule has 2 aromatic carbocycles. The largest absolute Gasteiger partial charge is 0.416 e. The molecule has 34 heavy (non-hydrogen) atoms. The molecule has 0 bridgehead atoms. The summed E-state index contributed by atoms with van der Waals surface area (Å²) < 4.78 is 53.5. The van der Waals surface area contributed by atoms with Gasteiger partial charge in [-0.3, -0.25) is 0 Å². The zero-order chi connectivity index (χ0) is 24.7. The number of nitrogens with one attached hydrogen (secondary N) is 2. The Bertz CT molecular complexity index is 1320. The fraction of sp³-hybridized carbons (Fsp3) is 0.208. The van der Waals surface area contributed by atoms with E-state index in [4.69, 9.17) is 0 Å². The Morgan fingerprint density at radius 1 is 0.971 bits per heavy atom. The Hall–Kier alpha value is -3.79. The molecular weight excluding hydrogens is 450 g/mol. The van der Waals surface area contributed by atoms with Gasteiger partial charge >= 0.3 is 6.18 Å². The summed E-state index contributed by atoms with van der Waals surface area (Å²) in [7, 11) is 0. The van der Waals surface area contributed by atoms with Gasteiger partial charge < -0.3 is 15.4 Å². The lowest BCUT2D eigenvalue weighted by molar-refractivity contribution is -0.137. The van der Waals surface area contributed by atoms with Crippen LogP contribution >= 0.6 is 0 Å².